The van der Waals surface area contributed by atoms with Crippen LogP contribution >= 0.6 is 0 Å². The number of benzene rings is 4. The fourth-order valence-corrected chi connectivity index (χ4v) is 5.50. The predicted molar refractivity (Wildman–Crippen MR) is 170 cm³/mol. The number of carboxylic acids is 1. The van der Waals surface area contributed by atoms with E-state index in [4.69, 9.17) is 5.14 Å². The minimum atomic E-state index is -3.85. The van der Waals surface area contributed by atoms with Crippen LogP contribution in [0.5, 0.6) is 0 Å². The van der Waals surface area contributed by atoms with Crippen molar-refractivity contribution in [3.8, 4) is 11.1 Å². The van der Waals surface area contributed by atoms with Crippen molar-refractivity contribution in [1.82, 2.24) is 9.80 Å². The molecule has 0 aliphatic rings. The summed E-state index contributed by atoms with van der Waals surface area (Å²) in [5.41, 5.74) is 3.33. The molecule has 4 rings (SSSR count). The predicted octanol–water partition coefficient (Wildman–Crippen LogP) is 3.80. The van der Waals surface area contributed by atoms with Crippen molar-refractivity contribution in [2.45, 2.75) is 24.3 Å². The van der Waals surface area contributed by atoms with Crippen LogP contribution in [0.3, 0.4) is 0 Å². The molecule has 0 fully saturated rings. The Hall–Kier alpha value is -4.84. The largest absolute Gasteiger partial charge is 0.481 e. The number of carbonyl (C=O) groups is 3. The Kier molecular flexibility index (Phi) is 11.2. The van der Waals surface area contributed by atoms with E-state index >= 15 is 0 Å². The third-order valence-electron chi connectivity index (χ3n) is 7.28. The molecule has 0 spiro atoms. The van der Waals surface area contributed by atoms with Crippen molar-refractivity contribution >= 4 is 27.8 Å². The highest BCUT2D eigenvalue weighted by Gasteiger charge is 2.24. The number of hydrogen-bond acceptors (Lipinski definition) is 6. The van der Waals surface area contributed by atoms with E-state index in [1.54, 1.807) is 65.6 Å². The molecule has 11 heteroatoms. The molecule has 0 unspecified atom stereocenters. The molecule has 0 heterocycles. The summed E-state index contributed by atoms with van der Waals surface area (Å²) >= 11 is 0. The lowest BCUT2D eigenvalue weighted by Crippen LogP contribution is -2.35. The lowest BCUT2D eigenvalue weighted by atomic mass is 9.93. The zero-order valence-corrected chi connectivity index (χ0v) is 25.4. The Labute approximate surface area is 262 Å². The molecule has 4 aromatic rings. The van der Waals surface area contributed by atoms with Crippen LogP contribution in [0.4, 0.5) is 0 Å². The molecule has 2 amide bonds. The van der Waals surface area contributed by atoms with Crippen molar-refractivity contribution in [2.75, 3.05) is 26.2 Å². The Morgan fingerprint density at radius 2 is 1.18 bits per heavy atom. The minimum absolute atomic E-state index is 0.0338. The number of aliphatic hydroxyl groups is 1. The van der Waals surface area contributed by atoms with Gasteiger partial charge in [0.05, 0.1) is 17.9 Å². The molecule has 0 bridgehead atoms. The first kappa shape index (κ1) is 33.1. The van der Waals surface area contributed by atoms with Crippen LogP contribution in [0.15, 0.2) is 108 Å². The normalized spacial score (nSPS) is 11.2. The van der Waals surface area contributed by atoms with Gasteiger partial charge in [0, 0.05) is 37.3 Å². The fraction of sp³-hybridized carbons (Fsp3) is 0.206. The molecule has 0 saturated carbocycles. The Morgan fingerprint density at radius 1 is 0.644 bits per heavy atom. The molecule has 0 atom stereocenters. The van der Waals surface area contributed by atoms with Gasteiger partial charge in [-0.15, -0.1) is 0 Å². The summed E-state index contributed by atoms with van der Waals surface area (Å²) in [4.78, 5) is 42.3. The molecule has 4 N–H and O–H groups in total. The Morgan fingerprint density at radius 3 is 1.71 bits per heavy atom. The van der Waals surface area contributed by atoms with Crippen LogP contribution < -0.4 is 5.14 Å². The maximum atomic E-state index is 14.0. The van der Waals surface area contributed by atoms with Crippen LogP contribution in [-0.4, -0.2) is 72.5 Å². The number of carboxylic acid groups (broad SMARTS) is 1. The molecule has 234 valence electrons. The molecule has 0 aliphatic carbocycles. The number of aliphatic hydroxyl groups excluding tert-OH is 1. The first-order chi connectivity index (χ1) is 21.6. The number of carbonyl (C=O) groups excluding carboxylic acids is 2. The second kappa shape index (κ2) is 15.2. The van der Waals surface area contributed by atoms with Gasteiger partial charge in [-0.2, -0.15) is 0 Å². The number of primary sulfonamides is 1. The van der Waals surface area contributed by atoms with E-state index in [0.29, 0.717) is 28.7 Å². The number of aliphatic carboxylic acids is 1. The van der Waals surface area contributed by atoms with E-state index in [0.717, 1.165) is 11.1 Å². The van der Waals surface area contributed by atoms with Gasteiger partial charge in [-0.1, -0.05) is 78.9 Å². The van der Waals surface area contributed by atoms with Crippen molar-refractivity contribution < 1.29 is 33.0 Å². The topological polar surface area (TPSA) is 158 Å². The van der Waals surface area contributed by atoms with Crippen molar-refractivity contribution in [2.24, 2.45) is 5.14 Å². The maximum absolute atomic E-state index is 14.0. The summed E-state index contributed by atoms with van der Waals surface area (Å²) in [6, 6.07) is 29.2. The van der Waals surface area contributed by atoms with Gasteiger partial charge in [0.25, 0.3) is 11.8 Å². The monoisotopic (exact) mass is 629 g/mol. The average Bonchev–Trinajstić information content (AvgIpc) is 3.04. The van der Waals surface area contributed by atoms with Gasteiger partial charge in [-0.3, -0.25) is 14.4 Å². The van der Waals surface area contributed by atoms with E-state index in [9.17, 15) is 33.0 Å². The highest BCUT2D eigenvalue weighted by molar-refractivity contribution is 7.89. The van der Waals surface area contributed by atoms with Crippen molar-refractivity contribution in [3.63, 3.8) is 0 Å². The van der Waals surface area contributed by atoms with Crippen LogP contribution in [0.25, 0.3) is 11.1 Å². The first-order valence-electron chi connectivity index (χ1n) is 14.3. The lowest BCUT2D eigenvalue weighted by molar-refractivity contribution is -0.137. The molecule has 0 aliphatic heterocycles. The van der Waals surface area contributed by atoms with Gasteiger partial charge in [0.1, 0.15) is 0 Å². The quantitative estimate of drug-likeness (QED) is 0.191. The summed E-state index contributed by atoms with van der Waals surface area (Å²) in [5.74, 6) is -1.78. The SMILES string of the molecule is NS(=O)(=O)c1ccc(CCN(CCC(=O)O)C(=O)c2ccccc2-c2ccccc2C(=O)N(CCO)Cc2ccccc2)cc1. The van der Waals surface area contributed by atoms with Gasteiger partial charge >= 0.3 is 5.97 Å². The number of amides is 2. The molecule has 10 nitrogen and oxygen atoms in total. The number of nitrogens with two attached hydrogens (primary N) is 1. The van der Waals surface area contributed by atoms with E-state index < -0.39 is 21.9 Å². The van der Waals surface area contributed by atoms with Crippen LogP contribution in [-0.2, 0) is 27.8 Å². The Bertz CT molecular complexity index is 1740. The third-order valence-corrected chi connectivity index (χ3v) is 8.21. The minimum Gasteiger partial charge on any atom is -0.481 e. The maximum Gasteiger partial charge on any atom is 0.305 e. The fourth-order valence-electron chi connectivity index (χ4n) is 4.98. The van der Waals surface area contributed by atoms with E-state index in [1.807, 2.05) is 30.3 Å². The summed E-state index contributed by atoms with van der Waals surface area (Å²) in [5, 5.41) is 24.3. The third kappa shape index (κ3) is 8.85. The zero-order valence-electron chi connectivity index (χ0n) is 24.6. The molecule has 0 saturated heterocycles. The second-order valence-corrected chi connectivity index (χ2v) is 12.0. The van der Waals surface area contributed by atoms with Gasteiger partial charge in [-0.25, -0.2) is 13.6 Å². The summed E-state index contributed by atoms with van der Waals surface area (Å²) in [6.45, 7) is 0.288. The van der Waals surface area contributed by atoms with Gasteiger partial charge in [0.2, 0.25) is 10.0 Å². The zero-order chi connectivity index (χ0) is 32.4. The summed E-state index contributed by atoms with van der Waals surface area (Å²) < 4.78 is 23.2. The van der Waals surface area contributed by atoms with E-state index in [-0.39, 0.29) is 50.0 Å². The molecule has 0 aromatic heterocycles. The molecule has 4 aromatic carbocycles. The van der Waals surface area contributed by atoms with Gasteiger partial charge in [0.15, 0.2) is 0 Å². The van der Waals surface area contributed by atoms with Gasteiger partial charge < -0.3 is 20.0 Å². The number of rotatable bonds is 14. The molecule has 45 heavy (non-hydrogen) atoms. The molecular weight excluding hydrogens is 594 g/mol. The number of hydrogen-bond donors (Lipinski definition) is 3. The smallest absolute Gasteiger partial charge is 0.305 e. The van der Waals surface area contributed by atoms with Crippen LogP contribution in [0, 0.1) is 0 Å². The summed E-state index contributed by atoms with van der Waals surface area (Å²) in [6.07, 6.45) is 0.0616. The highest BCUT2D eigenvalue weighted by atomic mass is 32.2. The highest BCUT2D eigenvalue weighted by Crippen LogP contribution is 2.30. The molecule has 0 radical (unpaired) electrons. The average molecular weight is 630 g/mol. The number of nitrogens with zero attached hydrogens (tertiary/aromatic N) is 2. The number of sulfonamides is 1. The van der Waals surface area contributed by atoms with Crippen LogP contribution in [0.2, 0.25) is 0 Å². The first-order valence-corrected chi connectivity index (χ1v) is 15.9. The summed E-state index contributed by atoms with van der Waals surface area (Å²) in [7, 11) is -3.85. The van der Waals surface area contributed by atoms with E-state index in [2.05, 4.69) is 0 Å². The second-order valence-electron chi connectivity index (χ2n) is 10.4. The standard InChI is InChI=1S/C34H35N3O7S/c35-45(43,44)27-16-14-25(15-17-27)18-20-36(21-19-32(39)40)33(41)30-12-6-4-10-28(30)29-11-5-7-13-31(29)34(42)37(22-23-38)24-26-8-2-1-3-9-26/h1-17,38H,18-24H2,(H,39,40)(H2,35,43,44). The Balaban J connectivity index is 1.65. The van der Waals surface area contributed by atoms with Crippen molar-refractivity contribution in [3.05, 3.63) is 125 Å². The molecular formula is C34H35N3O7S. The van der Waals surface area contributed by atoms with E-state index in [1.165, 1.54) is 17.0 Å². The lowest BCUT2D eigenvalue weighted by Gasteiger charge is -2.25. The van der Waals surface area contributed by atoms with Gasteiger partial charge in [-0.05, 0) is 52.9 Å². The van der Waals surface area contributed by atoms with Crippen molar-refractivity contribution in [1.29, 1.82) is 0 Å². The van der Waals surface area contributed by atoms with Crippen LogP contribution in [0.1, 0.15) is 38.3 Å².